The van der Waals surface area contributed by atoms with Gasteiger partial charge in [-0.15, -0.1) is 0 Å². The van der Waals surface area contributed by atoms with Crippen molar-refractivity contribution in [1.82, 2.24) is 15.0 Å². The van der Waals surface area contributed by atoms with Gasteiger partial charge >= 0.3 is 5.69 Å². The summed E-state index contributed by atoms with van der Waals surface area (Å²) in [5, 5.41) is 11.8. The maximum Gasteiger partial charge on any atom is 0.332 e. The van der Waals surface area contributed by atoms with Crippen molar-refractivity contribution in [2.45, 2.75) is 0 Å². The second-order valence-corrected chi connectivity index (χ2v) is 4.39. The quantitative estimate of drug-likeness (QED) is 0.410. The maximum absolute atomic E-state index is 11.1. The Morgan fingerprint density at radius 2 is 2.00 bits per heavy atom. The van der Waals surface area contributed by atoms with Crippen molar-refractivity contribution in [3.63, 3.8) is 0 Å². The summed E-state index contributed by atoms with van der Waals surface area (Å²) in [5.74, 6) is 0. The van der Waals surface area contributed by atoms with E-state index in [1.54, 1.807) is 30.5 Å². The molecule has 0 unspecified atom stereocenters. The van der Waals surface area contributed by atoms with Crippen LogP contribution >= 0.6 is 11.6 Å². The van der Waals surface area contributed by atoms with Gasteiger partial charge in [-0.2, -0.15) is 0 Å². The van der Waals surface area contributed by atoms with Gasteiger partial charge in [0, 0.05) is 17.1 Å². The topological polar surface area (TPSA) is 81.8 Å². The van der Waals surface area contributed by atoms with Crippen LogP contribution in [0.1, 0.15) is 0 Å². The molecule has 0 bridgehead atoms. The molecule has 0 N–H and O–H groups in total. The zero-order valence-electron chi connectivity index (χ0n) is 10.0. The number of aromatic nitrogens is 3. The summed E-state index contributed by atoms with van der Waals surface area (Å²) in [6.07, 6.45) is 2.89. The molecule has 98 valence electrons. The summed E-state index contributed by atoms with van der Waals surface area (Å²) in [5.41, 5.74) is 1.30. The van der Waals surface area contributed by atoms with Crippen molar-refractivity contribution < 1.29 is 4.92 Å². The van der Waals surface area contributed by atoms with E-state index in [2.05, 4.69) is 15.0 Å². The number of hydrogen-bond donors (Lipinski definition) is 0. The van der Waals surface area contributed by atoms with E-state index in [1.807, 2.05) is 6.07 Å². The molecule has 7 heteroatoms. The van der Waals surface area contributed by atoms with Gasteiger partial charge in [0.2, 0.25) is 5.15 Å². The molecule has 3 aromatic rings. The average Bonchev–Trinajstić information content (AvgIpc) is 2.46. The van der Waals surface area contributed by atoms with Gasteiger partial charge in [-0.25, -0.2) is 9.97 Å². The van der Waals surface area contributed by atoms with E-state index in [-0.39, 0.29) is 16.5 Å². The molecule has 6 nitrogen and oxygen atoms in total. The van der Waals surface area contributed by atoms with E-state index < -0.39 is 4.92 Å². The smallest absolute Gasteiger partial charge is 0.258 e. The standard InChI is InChI=1S/C13H7ClN4O2/c14-13-12(18(19)20)11(16-7-17-13)9-3-4-10-8(6-9)2-1-5-15-10/h1-7H. The number of benzene rings is 1. The minimum absolute atomic E-state index is 0.175. The molecule has 1 aromatic carbocycles. The van der Waals surface area contributed by atoms with Crippen LogP contribution in [0.4, 0.5) is 5.69 Å². The first-order valence-corrected chi connectivity index (χ1v) is 6.04. The second-order valence-electron chi connectivity index (χ2n) is 4.03. The van der Waals surface area contributed by atoms with E-state index in [4.69, 9.17) is 11.6 Å². The Balaban J connectivity index is 2.25. The molecule has 0 saturated heterocycles. The lowest BCUT2D eigenvalue weighted by atomic mass is 10.1. The SMILES string of the molecule is O=[N+]([O-])c1c(Cl)ncnc1-c1ccc2ncccc2c1. The molecular weight excluding hydrogens is 280 g/mol. The fourth-order valence-corrected chi connectivity index (χ4v) is 2.16. The molecule has 2 heterocycles. The van der Waals surface area contributed by atoms with E-state index >= 15 is 0 Å². The second kappa shape index (κ2) is 4.82. The Morgan fingerprint density at radius 1 is 1.15 bits per heavy atom. The highest BCUT2D eigenvalue weighted by Crippen LogP contribution is 2.33. The third kappa shape index (κ3) is 2.06. The number of rotatable bonds is 2. The molecule has 0 aliphatic heterocycles. The van der Waals surface area contributed by atoms with Crippen molar-refractivity contribution in [1.29, 1.82) is 0 Å². The van der Waals surface area contributed by atoms with Crippen LogP contribution in [0.3, 0.4) is 0 Å². The summed E-state index contributed by atoms with van der Waals surface area (Å²) in [4.78, 5) is 22.4. The molecule has 0 radical (unpaired) electrons. The summed E-state index contributed by atoms with van der Waals surface area (Å²) < 4.78 is 0. The lowest BCUT2D eigenvalue weighted by molar-refractivity contribution is -0.384. The zero-order chi connectivity index (χ0) is 14.1. The minimum atomic E-state index is -0.578. The molecule has 0 atom stereocenters. The van der Waals surface area contributed by atoms with Crippen LogP contribution < -0.4 is 0 Å². The number of fused-ring (bicyclic) bond motifs is 1. The molecule has 0 spiro atoms. The highest BCUT2D eigenvalue weighted by Gasteiger charge is 2.22. The predicted molar refractivity (Wildman–Crippen MR) is 74.4 cm³/mol. The largest absolute Gasteiger partial charge is 0.332 e. The molecule has 3 rings (SSSR count). The summed E-state index contributed by atoms with van der Waals surface area (Å²) in [6, 6.07) is 8.97. The fourth-order valence-electron chi connectivity index (χ4n) is 1.95. The highest BCUT2D eigenvalue weighted by atomic mass is 35.5. The maximum atomic E-state index is 11.1. The summed E-state index contributed by atoms with van der Waals surface area (Å²) in [7, 11) is 0. The summed E-state index contributed by atoms with van der Waals surface area (Å²) >= 11 is 5.79. The Kier molecular flexibility index (Phi) is 3.00. The van der Waals surface area contributed by atoms with Gasteiger partial charge < -0.3 is 0 Å². The van der Waals surface area contributed by atoms with E-state index in [0.29, 0.717) is 5.56 Å². The molecule has 0 aliphatic rings. The third-order valence-corrected chi connectivity index (χ3v) is 3.11. The Morgan fingerprint density at radius 3 is 2.80 bits per heavy atom. The number of hydrogen-bond acceptors (Lipinski definition) is 5. The zero-order valence-corrected chi connectivity index (χ0v) is 10.8. The van der Waals surface area contributed by atoms with Crippen LogP contribution in [0.25, 0.3) is 22.2 Å². The molecule has 0 saturated carbocycles. The van der Waals surface area contributed by atoms with E-state index in [9.17, 15) is 10.1 Å². The van der Waals surface area contributed by atoms with Gasteiger partial charge in [0.05, 0.1) is 10.4 Å². The van der Waals surface area contributed by atoms with Crippen molar-refractivity contribution in [3.05, 3.63) is 58.1 Å². The number of nitro groups is 1. The van der Waals surface area contributed by atoms with Crippen LogP contribution in [-0.4, -0.2) is 19.9 Å². The number of halogens is 1. The van der Waals surface area contributed by atoms with Crippen LogP contribution in [0.2, 0.25) is 5.15 Å². The van der Waals surface area contributed by atoms with Crippen LogP contribution in [0.5, 0.6) is 0 Å². The van der Waals surface area contributed by atoms with Crippen LogP contribution in [0, 0.1) is 10.1 Å². The molecule has 0 amide bonds. The van der Waals surface area contributed by atoms with Gasteiger partial charge in [-0.05, 0) is 18.2 Å². The molecule has 0 aliphatic carbocycles. The first-order chi connectivity index (χ1) is 9.66. The van der Waals surface area contributed by atoms with Crippen molar-refractivity contribution >= 4 is 28.2 Å². The fraction of sp³-hybridized carbons (Fsp3) is 0. The van der Waals surface area contributed by atoms with Gasteiger partial charge in [0.25, 0.3) is 0 Å². The first kappa shape index (κ1) is 12.4. The lowest BCUT2D eigenvalue weighted by Gasteiger charge is -2.04. The predicted octanol–water partition coefficient (Wildman–Crippen LogP) is 3.25. The van der Waals surface area contributed by atoms with E-state index in [0.717, 1.165) is 10.9 Å². The first-order valence-electron chi connectivity index (χ1n) is 5.67. The lowest BCUT2D eigenvalue weighted by Crippen LogP contribution is -1.97. The summed E-state index contributed by atoms with van der Waals surface area (Å²) in [6.45, 7) is 0. The third-order valence-electron chi connectivity index (χ3n) is 2.84. The Hall–Kier alpha value is -2.60. The molecule has 0 fully saturated rings. The average molecular weight is 287 g/mol. The Bertz CT molecular complexity index is 822. The monoisotopic (exact) mass is 286 g/mol. The molecule has 2 aromatic heterocycles. The number of pyridine rings is 1. The van der Waals surface area contributed by atoms with Gasteiger partial charge in [-0.1, -0.05) is 23.7 Å². The van der Waals surface area contributed by atoms with Crippen molar-refractivity contribution in [2.24, 2.45) is 0 Å². The molecular formula is C13H7ClN4O2. The van der Waals surface area contributed by atoms with Gasteiger partial charge in [0.1, 0.15) is 6.33 Å². The van der Waals surface area contributed by atoms with Crippen LogP contribution in [0.15, 0.2) is 42.9 Å². The van der Waals surface area contributed by atoms with Crippen molar-refractivity contribution in [3.8, 4) is 11.3 Å². The highest BCUT2D eigenvalue weighted by molar-refractivity contribution is 6.31. The Labute approximate surface area is 118 Å². The normalized spacial score (nSPS) is 10.7. The van der Waals surface area contributed by atoms with Gasteiger partial charge in [0.15, 0.2) is 5.69 Å². The minimum Gasteiger partial charge on any atom is -0.258 e. The van der Waals surface area contributed by atoms with E-state index in [1.165, 1.54) is 6.33 Å². The van der Waals surface area contributed by atoms with Crippen LogP contribution in [-0.2, 0) is 0 Å². The molecule has 20 heavy (non-hydrogen) atoms. The number of nitrogens with zero attached hydrogens (tertiary/aromatic N) is 4. The van der Waals surface area contributed by atoms with Crippen molar-refractivity contribution in [2.75, 3.05) is 0 Å². The van der Waals surface area contributed by atoms with Gasteiger partial charge in [-0.3, -0.25) is 15.1 Å².